The third-order valence-corrected chi connectivity index (χ3v) is 7.73. The second-order valence-corrected chi connectivity index (χ2v) is 9.58. The van der Waals surface area contributed by atoms with Gasteiger partial charge < -0.3 is 9.64 Å². The molecule has 1 aliphatic carbocycles. The van der Waals surface area contributed by atoms with Crippen LogP contribution in [0.25, 0.3) is 0 Å². The molecule has 7 heteroatoms. The Labute approximate surface area is 143 Å². The topological polar surface area (TPSA) is 62.7 Å². The second kappa shape index (κ2) is 6.28. The van der Waals surface area contributed by atoms with Crippen molar-refractivity contribution in [1.82, 2.24) is 9.29 Å². The number of ether oxygens (including phenoxy) is 1. The first-order valence-electron chi connectivity index (χ1n) is 8.81. The molecule has 1 aromatic rings. The van der Waals surface area contributed by atoms with Crippen molar-refractivity contribution < 1.29 is 13.2 Å². The van der Waals surface area contributed by atoms with E-state index in [1.165, 1.54) is 0 Å². The number of sulfonamides is 1. The molecule has 6 nitrogen and oxygen atoms in total. The Morgan fingerprint density at radius 3 is 2.88 bits per heavy atom. The van der Waals surface area contributed by atoms with Gasteiger partial charge in [0.1, 0.15) is 0 Å². The second-order valence-electron chi connectivity index (χ2n) is 7.37. The molecule has 1 saturated carbocycles. The lowest BCUT2D eigenvalue weighted by Gasteiger charge is -2.43. The number of nitrogens with zero attached hydrogens (tertiary/aromatic N) is 3. The molecule has 2 saturated heterocycles. The van der Waals surface area contributed by atoms with E-state index in [0.29, 0.717) is 26.3 Å². The quantitative estimate of drug-likeness (QED) is 0.826. The predicted octanol–water partition coefficient (Wildman–Crippen LogP) is 1.49. The van der Waals surface area contributed by atoms with Crippen LogP contribution in [0.3, 0.4) is 0 Å². The summed E-state index contributed by atoms with van der Waals surface area (Å²) in [5, 5.41) is -0.131. The van der Waals surface area contributed by atoms with E-state index in [1.54, 1.807) is 10.5 Å². The van der Waals surface area contributed by atoms with E-state index in [0.717, 1.165) is 44.5 Å². The predicted molar refractivity (Wildman–Crippen MR) is 92.5 cm³/mol. The first kappa shape index (κ1) is 16.3. The maximum absolute atomic E-state index is 12.7. The molecule has 1 aromatic heterocycles. The van der Waals surface area contributed by atoms with Crippen molar-refractivity contribution in [3.8, 4) is 0 Å². The summed E-state index contributed by atoms with van der Waals surface area (Å²) in [6.45, 7) is 4.21. The number of rotatable bonds is 3. The van der Waals surface area contributed by atoms with E-state index in [-0.39, 0.29) is 10.7 Å². The Morgan fingerprint density at radius 1 is 1.25 bits per heavy atom. The van der Waals surface area contributed by atoms with Crippen LogP contribution in [0, 0.1) is 5.41 Å². The fourth-order valence-corrected chi connectivity index (χ4v) is 5.95. The Hall–Kier alpha value is -1.18. The van der Waals surface area contributed by atoms with Crippen molar-refractivity contribution in [2.75, 3.05) is 44.3 Å². The SMILES string of the molecule is O=S(=O)(C1CC1)N1CCCC2(COCCN(c3cccnc3)C2)C1. The number of anilines is 1. The highest BCUT2D eigenvalue weighted by atomic mass is 32.2. The number of pyridine rings is 1. The molecule has 3 heterocycles. The molecule has 3 fully saturated rings. The van der Waals surface area contributed by atoms with Crippen LogP contribution in [-0.2, 0) is 14.8 Å². The molecule has 1 spiro atoms. The molecular formula is C17H25N3O3S. The van der Waals surface area contributed by atoms with Crippen molar-refractivity contribution in [3.63, 3.8) is 0 Å². The number of hydrogen-bond donors (Lipinski definition) is 0. The lowest BCUT2D eigenvalue weighted by molar-refractivity contribution is 0.0350. The zero-order valence-corrected chi connectivity index (χ0v) is 14.7. The minimum absolute atomic E-state index is 0.119. The zero-order valence-electron chi connectivity index (χ0n) is 13.9. The van der Waals surface area contributed by atoms with E-state index >= 15 is 0 Å². The largest absolute Gasteiger partial charge is 0.379 e. The highest BCUT2D eigenvalue weighted by Gasteiger charge is 2.46. The van der Waals surface area contributed by atoms with Gasteiger partial charge in [-0.3, -0.25) is 4.98 Å². The summed E-state index contributed by atoms with van der Waals surface area (Å²) in [5.41, 5.74) is 0.969. The summed E-state index contributed by atoms with van der Waals surface area (Å²) in [6, 6.07) is 4.01. The van der Waals surface area contributed by atoms with E-state index in [9.17, 15) is 8.42 Å². The maximum Gasteiger partial charge on any atom is 0.217 e. The molecule has 1 atom stereocenters. The summed E-state index contributed by atoms with van der Waals surface area (Å²) >= 11 is 0. The van der Waals surface area contributed by atoms with E-state index < -0.39 is 10.0 Å². The molecule has 0 amide bonds. The number of hydrogen-bond acceptors (Lipinski definition) is 5. The molecule has 1 unspecified atom stereocenters. The summed E-state index contributed by atoms with van der Waals surface area (Å²) in [7, 11) is -3.11. The third kappa shape index (κ3) is 3.17. The average Bonchev–Trinajstić information content (AvgIpc) is 3.44. The fraction of sp³-hybridized carbons (Fsp3) is 0.706. The summed E-state index contributed by atoms with van der Waals surface area (Å²) < 4.78 is 33.0. The minimum Gasteiger partial charge on any atom is -0.379 e. The van der Waals surface area contributed by atoms with Gasteiger partial charge in [-0.05, 0) is 37.8 Å². The molecule has 24 heavy (non-hydrogen) atoms. The molecule has 132 valence electrons. The van der Waals surface area contributed by atoms with Crippen molar-refractivity contribution >= 4 is 15.7 Å². The van der Waals surface area contributed by atoms with Crippen LogP contribution in [0.4, 0.5) is 5.69 Å². The van der Waals surface area contributed by atoms with Crippen molar-refractivity contribution in [2.24, 2.45) is 5.41 Å². The zero-order chi connectivity index (χ0) is 16.6. The molecule has 2 aliphatic heterocycles. The molecule has 0 radical (unpaired) electrons. The van der Waals surface area contributed by atoms with Crippen LogP contribution in [0.2, 0.25) is 0 Å². The summed E-state index contributed by atoms with van der Waals surface area (Å²) in [5.74, 6) is 0. The Bertz CT molecular complexity index is 678. The fourth-order valence-electron chi connectivity index (χ4n) is 3.96. The van der Waals surface area contributed by atoms with E-state index in [2.05, 4.69) is 16.0 Å². The van der Waals surface area contributed by atoms with Gasteiger partial charge in [-0.2, -0.15) is 0 Å². The standard InChI is InChI=1S/C17H25N3O3S/c21-24(22,16-4-5-16)20-8-2-6-17(13-20)12-19(9-10-23-14-17)15-3-1-7-18-11-15/h1,3,7,11,16H,2,4-6,8-10,12-14H2. The molecule has 0 aromatic carbocycles. The van der Waals surface area contributed by atoms with E-state index in [1.807, 2.05) is 12.3 Å². The molecule has 3 aliphatic rings. The molecule has 0 N–H and O–H groups in total. The number of aromatic nitrogens is 1. The van der Waals surface area contributed by atoms with Crippen LogP contribution >= 0.6 is 0 Å². The Morgan fingerprint density at radius 2 is 2.12 bits per heavy atom. The van der Waals surface area contributed by atoms with E-state index in [4.69, 9.17) is 4.74 Å². The highest BCUT2D eigenvalue weighted by Crippen LogP contribution is 2.39. The molecular weight excluding hydrogens is 326 g/mol. The third-order valence-electron chi connectivity index (χ3n) is 5.38. The van der Waals surface area contributed by atoms with Crippen LogP contribution < -0.4 is 4.90 Å². The van der Waals surface area contributed by atoms with Gasteiger partial charge in [0.05, 0.1) is 30.3 Å². The van der Waals surface area contributed by atoms with Crippen LogP contribution in [0.15, 0.2) is 24.5 Å². The van der Waals surface area contributed by atoms with Crippen molar-refractivity contribution in [1.29, 1.82) is 0 Å². The van der Waals surface area contributed by atoms with Crippen LogP contribution in [-0.4, -0.2) is 62.3 Å². The van der Waals surface area contributed by atoms with Gasteiger partial charge in [-0.15, -0.1) is 0 Å². The minimum atomic E-state index is -3.11. The van der Waals surface area contributed by atoms with Gasteiger partial charge in [0.2, 0.25) is 10.0 Å². The Balaban J connectivity index is 1.56. The van der Waals surface area contributed by atoms with Gasteiger partial charge >= 0.3 is 0 Å². The number of piperidine rings is 1. The lowest BCUT2D eigenvalue weighted by atomic mass is 9.81. The molecule has 4 rings (SSSR count). The van der Waals surface area contributed by atoms with Crippen LogP contribution in [0.1, 0.15) is 25.7 Å². The van der Waals surface area contributed by atoms with Gasteiger partial charge in [0.15, 0.2) is 0 Å². The van der Waals surface area contributed by atoms with Gasteiger partial charge in [0.25, 0.3) is 0 Å². The maximum atomic E-state index is 12.7. The van der Waals surface area contributed by atoms with Gasteiger partial charge in [-0.25, -0.2) is 12.7 Å². The Kier molecular flexibility index (Phi) is 4.26. The first-order chi connectivity index (χ1) is 11.6. The summed E-state index contributed by atoms with van der Waals surface area (Å²) in [6.07, 6.45) is 7.23. The van der Waals surface area contributed by atoms with Crippen LogP contribution in [0.5, 0.6) is 0 Å². The van der Waals surface area contributed by atoms with Crippen molar-refractivity contribution in [3.05, 3.63) is 24.5 Å². The van der Waals surface area contributed by atoms with Gasteiger partial charge in [-0.1, -0.05) is 0 Å². The van der Waals surface area contributed by atoms with Crippen molar-refractivity contribution in [2.45, 2.75) is 30.9 Å². The first-order valence-corrected chi connectivity index (χ1v) is 10.3. The lowest BCUT2D eigenvalue weighted by Crippen LogP contribution is -2.52. The highest BCUT2D eigenvalue weighted by molar-refractivity contribution is 7.90. The normalized spacial score (nSPS) is 29.6. The average molecular weight is 351 g/mol. The van der Waals surface area contributed by atoms with Gasteiger partial charge in [0, 0.05) is 37.8 Å². The smallest absolute Gasteiger partial charge is 0.217 e. The monoisotopic (exact) mass is 351 g/mol. The summed E-state index contributed by atoms with van der Waals surface area (Å²) in [4.78, 5) is 6.52. The molecule has 0 bridgehead atoms.